The number of hydrogen-bond donors (Lipinski definition) is 0. The molecular weight excluding hydrogens is 288 g/mol. The fraction of sp³-hybridized carbons (Fsp3) is 0.235. The van der Waals surface area contributed by atoms with E-state index in [1.165, 1.54) is 0 Å². The van der Waals surface area contributed by atoms with Crippen LogP contribution in [0.25, 0.3) is 0 Å². The highest BCUT2D eigenvalue weighted by Crippen LogP contribution is 2.32. The van der Waals surface area contributed by atoms with Crippen molar-refractivity contribution in [3.8, 4) is 11.5 Å². The van der Waals surface area contributed by atoms with Gasteiger partial charge in [0, 0.05) is 17.5 Å². The molecule has 4 heteroatoms. The Hall–Kier alpha value is -2.00. The van der Waals surface area contributed by atoms with E-state index in [-0.39, 0.29) is 5.78 Å². The number of halogens is 1. The van der Waals surface area contributed by atoms with Crippen LogP contribution in [-0.4, -0.2) is 19.0 Å². The summed E-state index contributed by atoms with van der Waals surface area (Å²) in [4.78, 5) is 12.6. The van der Waals surface area contributed by atoms with Crippen LogP contribution in [0.1, 0.15) is 27.9 Å². The lowest BCUT2D eigenvalue weighted by Gasteiger charge is -2.09. The van der Waals surface area contributed by atoms with Crippen molar-refractivity contribution in [1.29, 1.82) is 0 Å². The maximum Gasteiger partial charge on any atom is 0.194 e. The molecular formula is C17H15ClO3. The van der Waals surface area contributed by atoms with Crippen molar-refractivity contribution < 1.29 is 14.3 Å². The molecule has 108 valence electrons. The van der Waals surface area contributed by atoms with E-state index in [0.717, 1.165) is 12.0 Å². The molecule has 1 aliphatic rings. The van der Waals surface area contributed by atoms with Gasteiger partial charge in [0.25, 0.3) is 0 Å². The predicted molar refractivity (Wildman–Crippen MR) is 81.7 cm³/mol. The molecule has 2 aromatic rings. The summed E-state index contributed by atoms with van der Waals surface area (Å²) >= 11 is 6.17. The molecule has 21 heavy (non-hydrogen) atoms. The van der Waals surface area contributed by atoms with Crippen LogP contribution in [0.5, 0.6) is 11.5 Å². The van der Waals surface area contributed by atoms with E-state index in [2.05, 4.69) is 0 Å². The molecule has 0 atom stereocenters. The number of benzene rings is 2. The molecule has 0 aliphatic carbocycles. The van der Waals surface area contributed by atoms with Crippen LogP contribution < -0.4 is 9.47 Å². The number of rotatable bonds is 2. The van der Waals surface area contributed by atoms with Crippen LogP contribution in [0.3, 0.4) is 0 Å². The largest absolute Gasteiger partial charge is 0.490 e. The minimum Gasteiger partial charge on any atom is -0.490 e. The molecule has 0 saturated heterocycles. The van der Waals surface area contributed by atoms with Crippen molar-refractivity contribution in [2.75, 3.05) is 13.2 Å². The molecule has 1 heterocycles. The summed E-state index contributed by atoms with van der Waals surface area (Å²) in [5, 5.41) is 0.465. The Morgan fingerprint density at radius 1 is 1.05 bits per heavy atom. The molecule has 0 radical (unpaired) electrons. The molecule has 1 aliphatic heterocycles. The Labute approximate surface area is 128 Å². The molecule has 0 saturated carbocycles. The summed E-state index contributed by atoms with van der Waals surface area (Å²) in [7, 11) is 0. The maximum absolute atomic E-state index is 12.6. The summed E-state index contributed by atoms with van der Waals surface area (Å²) in [5.41, 5.74) is 2.07. The number of fused-ring (bicyclic) bond motifs is 1. The third-order valence-electron chi connectivity index (χ3n) is 3.38. The van der Waals surface area contributed by atoms with Gasteiger partial charge in [-0.2, -0.15) is 0 Å². The Kier molecular flexibility index (Phi) is 3.84. The molecule has 0 unspecified atom stereocenters. The van der Waals surface area contributed by atoms with Gasteiger partial charge in [-0.25, -0.2) is 0 Å². The number of carbonyl (C=O) groups excluding carboxylic acids is 1. The first-order valence-corrected chi connectivity index (χ1v) is 7.23. The standard InChI is InChI=1S/C17H15ClO3/c1-11-3-5-13(14(18)9-11)17(19)12-4-6-15-16(10-12)21-8-2-7-20-15/h3-6,9-10H,2,7-8H2,1H3. The van der Waals surface area contributed by atoms with Gasteiger partial charge < -0.3 is 9.47 Å². The van der Waals surface area contributed by atoms with Crippen LogP contribution >= 0.6 is 11.6 Å². The molecule has 0 N–H and O–H groups in total. The van der Waals surface area contributed by atoms with E-state index in [9.17, 15) is 4.79 Å². The smallest absolute Gasteiger partial charge is 0.194 e. The van der Waals surface area contributed by atoms with Crippen LogP contribution in [0.4, 0.5) is 0 Å². The Morgan fingerprint density at radius 3 is 2.57 bits per heavy atom. The summed E-state index contributed by atoms with van der Waals surface area (Å²) < 4.78 is 11.2. The van der Waals surface area contributed by atoms with Gasteiger partial charge in [0.05, 0.1) is 18.2 Å². The van der Waals surface area contributed by atoms with E-state index >= 15 is 0 Å². The lowest BCUT2D eigenvalue weighted by molar-refractivity contribution is 0.103. The molecule has 2 aromatic carbocycles. The molecule has 0 bridgehead atoms. The normalized spacial score (nSPS) is 13.6. The van der Waals surface area contributed by atoms with Crippen molar-refractivity contribution in [3.05, 3.63) is 58.1 Å². The number of aryl methyl sites for hydroxylation is 1. The number of hydrogen-bond acceptors (Lipinski definition) is 3. The first kappa shape index (κ1) is 14.0. The first-order chi connectivity index (χ1) is 10.1. The highest BCUT2D eigenvalue weighted by molar-refractivity contribution is 6.35. The quantitative estimate of drug-likeness (QED) is 0.785. The highest BCUT2D eigenvalue weighted by Gasteiger charge is 2.17. The van der Waals surface area contributed by atoms with Gasteiger partial charge in [-0.3, -0.25) is 4.79 Å². The average molecular weight is 303 g/mol. The van der Waals surface area contributed by atoms with E-state index in [4.69, 9.17) is 21.1 Å². The second-order valence-corrected chi connectivity index (χ2v) is 5.43. The van der Waals surface area contributed by atoms with Gasteiger partial charge in [-0.15, -0.1) is 0 Å². The van der Waals surface area contributed by atoms with Gasteiger partial charge in [0.1, 0.15) is 0 Å². The van der Waals surface area contributed by atoms with Crippen molar-refractivity contribution in [2.24, 2.45) is 0 Å². The summed E-state index contributed by atoms with van der Waals surface area (Å²) in [6.45, 7) is 3.16. The van der Waals surface area contributed by atoms with Gasteiger partial charge >= 0.3 is 0 Å². The lowest BCUT2D eigenvalue weighted by Crippen LogP contribution is -2.03. The Morgan fingerprint density at radius 2 is 1.81 bits per heavy atom. The molecule has 0 aromatic heterocycles. The van der Waals surface area contributed by atoms with Crippen LogP contribution in [0.2, 0.25) is 5.02 Å². The maximum atomic E-state index is 12.6. The third kappa shape index (κ3) is 2.88. The van der Waals surface area contributed by atoms with Gasteiger partial charge in [-0.05, 0) is 42.8 Å². The summed E-state index contributed by atoms with van der Waals surface area (Å²) in [6, 6.07) is 10.7. The zero-order chi connectivity index (χ0) is 14.8. The zero-order valence-electron chi connectivity index (χ0n) is 11.7. The predicted octanol–water partition coefficient (Wildman–Crippen LogP) is 4.04. The van der Waals surface area contributed by atoms with E-state index in [1.54, 1.807) is 30.3 Å². The monoisotopic (exact) mass is 302 g/mol. The lowest BCUT2D eigenvalue weighted by atomic mass is 10.0. The van der Waals surface area contributed by atoms with Crippen LogP contribution in [0.15, 0.2) is 36.4 Å². The van der Waals surface area contributed by atoms with Crippen molar-refractivity contribution >= 4 is 17.4 Å². The highest BCUT2D eigenvalue weighted by atomic mass is 35.5. The van der Waals surface area contributed by atoms with E-state index in [1.807, 2.05) is 13.0 Å². The summed E-state index contributed by atoms with van der Waals surface area (Å²) in [6.07, 6.45) is 0.835. The second-order valence-electron chi connectivity index (χ2n) is 5.02. The van der Waals surface area contributed by atoms with Gasteiger partial charge in [-0.1, -0.05) is 17.7 Å². The Balaban J connectivity index is 1.96. The minimum atomic E-state index is -0.115. The molecule has 0 spiro atoms. The topological polar surface area (TPSA) is 35.5 Å². The second kappa shape index (κ2) is 5.78. The molecule has 3 rings (SSSR count). The van der Waals surface area contributed by atoms with Gasteiger partial charge in [0.15, 0.2) is 17.3 Å². The van der Waals surface area contributed by atoms with Crippen LogP contribution in [-0.2, 0) is 0 Å². The minimum absolute atomic E-state index is 0.115. The van der Waals surface area contributed by atoms with E-state index in [0.29, 0.717) is 40.9 Å². The van der Waals surface area contributed by atoms with Crippen molar-refractivity contribution in [1.82, 2.24) is 0 Å². The van der Waals surface area contributed by atoms with E-state index < -0.39 is 0 Å². The fourth-order valence-corrected chi connectivity index (χ4v) is 2.59. The van der Waals surface area contributed by atoms with Crippen molar-refractivity contribution in [3.63, 3.8) is 0 Å². The number of ether oxygens (including phenoxy) is 2. The van der Waals surface area contributed by atoms with Gasteiger partial charge in [0.2, 0.25) is 0 Å². The SMILES string of the molecule is Cc1ccc(C(=O)c2ccc3c(c2)OCCCO3)c(Cl)c1. The first-order valence-electron chi connectivity index (χ1n) is 6.85. The number of carbonyl (C=O) groups is 1. The molecule has 0 amide bonds. The zero-order valence-corrected chi connectivity index (χ0v) is 12.4. The van der Waals surface area contributed by atoms with Crippen LogP contribution in [0, 0.1) is 6.92 Å². The average Bonchev–Trinajstić information content (AvgIpc) is 2.71. The molecule has 0 fully saturated rings. The summed E-state index contributed by atoms with van der Waals surface area (Å²) in [5.74, 6) is 1.18. The fourth-order valence-electron chi connectivity index (χ4n) is 2.26. The van der Waals surface area contributed by atoms with Crippen molar-refractivity contribution in [2.45, 2.75) is 13.3 Å². The number of ketones is 1. The Bertz CT molecular complexity index is 694. The molecule has 3 nitrogen and oxygen atoms in total. The third-order valence-corrected chi connectivity index (χ3v) is 3.69.